The van der Waals surface area contributed by atoms with Gasteiger partial charge in [0.05, 0.1) is 6.33 Å². The van der Waals surface area contributed by atoms with Gasteiger partial charge in [-0.1, -0.05) is 35.7 Å². The molecular weight excluding hydrogens is 539 g/mol. The van der Waals surface area contributed by atoms with E-state index in [1.807, 2.05) is 0 Å². The van der Waals surface area contributed by atoms with E-state index in [2.05, 4.69) is 24.7 Å². The molecule has 3 aromatic rings. The van der Waals surface area contributed by atoms with Gasteiger partial charge in [0.1, 0.15) is 11.5 Å². The molecule has 1 aliphatic carbocycles. The lowest BCUT2D eigenvalue weighted by molar-refractivity contribution is -0.274. The molecule has 2 unspecified atom stereocenters. The van der Waals surface area contributed by atoms with Crippen LogP contribution in [-0.4, -0.2) is 58.1 Å². The van der Waals surface area contributed by atoms with Crippen molar-refractivity contribution in [3.05, 3.63) is 83.2 Å². The fourth-order valence-corrected chi connectivity index (χ4v) is 4.88. The smallest absolute Gasteiger partial charge is 0.573 e. The molecule has 0 amide bonds. The highest BCUT2D eigenvalue weighted by atomic mass is 19.4. The number of ether oxygens (including phenoxy) is 2. The number of aromatic carboxylic acids is 1. The highest BCUT2D eigenvalue weighted by molar-refractivity contribution is 5.84. The summed E-state index contributed by atoms with van der Waals surface area (Å²) in [6.07, 6.45) is -1.81. The van der Waals surface area contributed by atoms with Crippen molar-refractivity contribution in [1.82, 2.24) is 14.5 Å². The van der Waals surface area contributed by atoms with Crippen molar-refractivity contribution < 1.29 is 41.3 Å². The maximum Gasteiger partial charge on any atom is 0.573 e. The van der Waals surface area contributed by atoms with Crippen molar-refractivity contribution in [2.75, 3.05) is 19.6 Å². The van der Waals surface area contributed by atoms with E-state index < -0.39 is 18.9 Å². The van der Waals surface area contributed by atoms with Gasteiger partial charge in [0.2, 0.25) is 0 Å². The number of fused-ring (bicyclic) bond motifs is 1. The molecule has 2 fully saturated rings. The third-order valence-electron chi connectivity index (χ3n) is 6.69. The summed E-state index contributed by atoms with van der Waals surface area (Å²) >= 11 is 0. The first-order valence-corrected chi connectivity index (χ1v) is 12.4. The number of hydrogen-bond donors (Lipinski definition) is 1. The Kier molecular flexibility index (Phi) is 9.25. The zero-order chi connectivity index (χ0) is 28.9. The van der Waals surface area contributed by atoms with E-state index in [1.54, 1.807) is 41.9 Å². The van der Waals surface area contributed by atoms with Gasteiger partial charge >= 0.3 is 18.9 Å². The number of likely N-dealkylation sites (tertiary alicyclic amines) is 1. The number of nitrogens with zero attached hydrogens (tertiary/aromatic N) is 4. The van der Waals surface area contributed by atoms with Gasteiger partial charge in [-0.25, -0.2) is 9.78 Å². The first-order chi connectivity index (χ1) is 19.0. The molecule has 5 rings (SSSR count). The summed E-state index contributed by atoms with van der Waals surface area (Å²) < 4.78 is 71.3. The molecule has 0 radical (unpaired) electrons. The normalized spacial score (nSPS) is 20.0. The Balaban J connectivity index is 0.000000350. The van der Waals surface area contributed by atoms with Gasteiger partial charge in [0.25, 0.3) is 0 Å². The Morgan fingerprint density at radius 3 is 2.35 bits per heavy atom. The lowest BCUT2D eigenvalue weighted by Gasteiger charge is -2.24. The van der Waals surface area contributed by atoms with Crippen LogP contribution in [0.15, 0.2) is 61.1 Å². The van der Waals surface area contributed by atoms with Crippen LogP contribution in [0.5, 0.6) is 11.5 Å². The van der Waals surface area contributed by atoms with Crippen LogP contribution in [-0.2, 0) is 20.1 Å². The van der Waals surface area contributed by atoms with Gasteiger partial charge in [0, 0.05) is 32.9 Å². The van der Waals surface area contributed by atoms with Crippen LogP contribution in [0.4, 0.5) is 22.0 Å². The van der Waals surface area contributed by atoms with E-state index in [4.69, 9.17) is 5.11 Å². The number of hydrogen-bond acceptors (Lipinski definition) is 5. The topological polar surface area (TPSA) is 90.9 Å². The third kappa shape index (κ3) is 8.65. The molecule has 2 atom stereocenters. The minimum atomic E-state index is -4.70. The molecule has 1 saturated carbocycles. The monoisotopic (exact) mass is 567 g/mol. The molecule has 8 nitrogen and oxygen atoms in total. The number of aryl methyl sites for hydroxylation is 1. The van der Waals surface area contributed by atoms with Gasteiger partial charge in [-0.05, 0) is 41.7 Å². The maximum atomic E-state index is 12.3. The second-order valence-electron chi connectivity index (χ2n) is 9.70. The number of aromatic nitrogens is 2. The van der Waals surface area contributed by atoms with Gasteiger partial charge in [-0.3, -0.25) is 4.90 Å². The summed E-state index contributed by atoms with van der Waals surface area (Å²) in [5.41, 5.74) is 1.82. The Hall–Kier alpha value is -3.71. The number of carboxylic acid groups (broad SMARTS) is 1. The molecule has 1 aliphatic heterocycles. The maximum absolute atomic E-state index is 12.3. The minimum absolute atomic E-state index is 0.0810. The molecule has 2 heterocycles. The summed E-state index contributed by atoms with van der Waals surface area (Å²) in [6.45, 7) is 0.938. The molecule has 0 bridgehead atoms. The second kappa shape index (κ2) is 12.6. The SMILES string of the molecule is Cn1cnc(C(=O)O)c1.FC(F)Oc1ccc(CN2CC3C(C[N-]Cc4cccc(OC(F)(F)F)c4)C3C2)cc1. The fraction of sp³-hybridized carbons (Fsp3) is 0.407. The number of rotatable bonds is 10. The van der Waals surface area contributed by atoms with E-state index in [-0.39, 0.29) is 17.2 Å². The lowest BCUT2D eigenvalue weighted by Crippen LogP contribution is -2.24. The average Bonchev–Trinajstić information content (AvgIpc) is 3.19. The molecule has 0 spiro atoms. The van der Waals surface area contributed by atoms with E-state index in [0.29, 0.717) is 36.4 Å². The standard InChI is InChI=1S/C22H22F5N2O2.C5H6N2O2/c23-21(24)30-16-6-4-14(5-7-16)11-29-12-19-18(20(19)13-29)10-28-9-15-2-1-3-17(8-15)31-22(25,26)27;1-7-2-4(5(8)9)6-3-7/h1-8,18-21H,9-13H2;2-3H,1H3,(H,8,9)/q-1;. The van der Waals surface area contributed by atoms with Gasteiger partial charge in [-0.2, -0.15) is 8.78 Å². The van der Waals surface area contributed by atoms with Crippen molar-refractivity contribution in [3.63, 3.8) is 0 Å². The van der Waals surface area contributed by atoms with Gasteiger partial charge in [-0.15, -0.1) is 26.3 Å². The quantitative estimate of drug-likeness (QED) is 0.323. The summed E-state index contributed by atoms with van der Waals surface area (Å²) in [5.74, 6) is 0.631. The van der Waals surface area contributed by atoms with E-state index in [0.717, 1.165) is 25.2 Å². The molecule has 1 saturated heterocycles. The largest absolute Gasteiger partial charge is 0.658 e. The van der Waals surface area contributed by atoms with Crippen molar-refractivity contribution >= 4 is 5.97 Å². The predicted molar refractivity (Wildman–Crippen MR) is 134 cm³/mol. The number of carbonyl (C=O) groups is 1. The summed E-state index contributed by atoms with van der Waals surface area (Å²) in [6, 6.07) is 12.6. The van der Waals surface area contributed by atoms with Crippen LogP contribution in [0.3, 0.4) is 0 Å². The van der Waals surface area contributed by atoms with E-state index in [9.17, 15) is 26.7 Å². The first kappa shape index (κ1) is 29.3. The predicted octanol–water partition coefficient (Wildman–Crippen LogP) is 5.56. The van der Waals surface area contributed by atoms with Crippen LogP contribution < -0.4 is 9.47 Å². The molecule has 216 valence electrons. The Morgan fingerprint density at radius 2 is 1.80 bits per heavy atom. The van der Waals surface area contributed by atoms with Crippen LogP contribution >= 0.6 is 0 Å². The average molecular weight is 568 g/mol. The third-order valence-corrected chi connectivity index (χ3v) is 6.69. The van der Waals surface area contributed by atoms with Crippen molar-refractivity contribution in [1.29, 1.82) is 0 Å². The van der Waals surface area contributed by atoms with E-state index in [1.165, 1.54) is 30.7 Å². The van der Waals surface area contributed by atoms with Crippen molar-refractivity contribution in [2.24, 2.45) is 24.8 Å². The number of benzene rings is 2. The van der Waals surface area contributed by atoms with Crippen LogP contribution in [0.1, 0.15) is 21.6 Å². The Morgan fingerprint density at radius 1 is 1.10 bits per heavy atom. The zero-order valence-corrected chi connectivity index (χ0v) is 21.5. The number of carboxylic acids is 1. The highest BCUT2D eigenvalue weighted by Gasteiger charge is 2.52. The Labute approximate surface area is 227 Å². The second-order valence-corrected chi connectivity index (χ2v) is 9.70. The number of piperidine rings is 1. The highest BCUT2D eigenvalue weighted by Crippen LogP contribution is 2.52. The molecule has 2 aliphatic rings. The number of alkyl halides is 5. The molecule has 13 heteroatoms. The summed E-state index contributed by atoms with van der Waals surface area (Å²) in [4.78, 5) is 16.1. The van der Waals surface area contributed by atoms with Crippen molar-refractivity contribution in [2.45, 2.75) is 26.1 Å². The lowest BCUT2D eigenvalue weighted by atomic mass is 10.2. The zero-order valence-electron chi connectivity index (χ0n) is 21.5. The fourth-order valence-electron chi connectivity index (χ4n) is 4.88. The summed E-state index contributed by atoms with van der Waals surface area (Å²) in [7, 11) is 1.72. The van der Waals surface area contributed by atoms with Gasteiger partial charge in [0.15, 0.2) is 5.69 Å². The van der Waals surface area contributed by atoms with Crippen LogP contribution in [0.2, 0.25) is 0 Å². The molecule has 2 aromatic carbocycles. The molecule has 1 N–H and O–H groups in total. The summed E-state index contributed by atoms with van der Waals surface area (Å²) in [5, 5.41) is 12.9. The molecule has 1 aromatic heterocycles. The molecule has 40 heavy (non-hydrogen) atoms. The minimum Gasteiger partial charge on any atom is -0.658 e. The van der Waals surface area contributed by atoms with Crippen LogP contribution in [0.25, 0.3) is 5.32 Å². The Bertz CT molecular complexity index is 1260. The number of halogens is 5. The number of imidazole rings is 1. The van der Waals surface area contributed by atoms with Gasteiger partial charge < -0.3 is 24.5 Å². The van der Waals surface area contributed by atoms with Crippen molar-refractivity contribution in [3.8, 4) is 11.5 Å². The van der Waals surface area contributed by atoms with E-state index >= 15 is 0 Å². The molecular formula is C27H28F5N4O4-. The van der Waals surface area contributed by atoms with Crippen LogP contribution in [0, 0.1) is 17.8 Å². The first-order valence-electron chi connectivity index (χ1n) is 12.4.